The molecule has 1 heterocycles. The zero-order chi connectivity index (χ0) is 15.5. The first-order valence-corrected chi connectivity index (χ1v) is 8.31. The van der Waals surface area contributed by atoms with E-state index in [0.717, 1.165) is 31.2 Å². The minimum atomic E-state index is 0.702. The molecule has 0 aliphatic heterocycles. The monoisotopic (exact) mass is 293 g/mol. The third-order valence-electron chi connectivity index (χ3n) is 3.45. The highest BCUT2D eigenvalue weighted by Gasteiger charge is 2.04. The predicted molar refractivity (Wildman–Crippen MR) is 88.7 cm³/mol. The van der Waals surface area contributed by atoms with Crippen LogP contribution in [0, 0.1) is 13.8 Å². The lowest BCUT2D eigenvalue weighted by molar-refractivity contribution is 0.264. The number of nitrogens with zero attached hydrogens (tertiary/aromatic N) is 4. The Morgan fingerprint density at radius 2 is 1.33 bits per heavy atom. The third kappa shape index (κ3) is 7.95. The fourth-order valence-electron chi connectivity index (χ4n) is 2.30. The van der Waals surface area contributed by atoms with Gasteiger partial charge in [0.05, 0.1) is 0 Å². The summed E-state index contributed by atoms with van der Waals surface area (Å²) < 4.78 is 0. The van der Waals surface area contributed by atoms with Crippen LogP contribution in [0.4, 0.5) is 5.95 Å². The molecule has 0 atom stereocenters. The lowest BCUT2D eigenvalue weighted by Gasteiger charge is -2.21. The van der Waals surface area contributed by atoms with Crippen molar-refractivity contribution in [2.24, 2.45) is 0 Å². The molecule has 1 rings (SSSR count). The number of unbranched alkanes of at least 4 members (excludes halogenated alkanes) is 2. The van der Waals surface area contributed by atoms with Crippen LogP contribution in [0.25, 0.3) is 0 Å². The summed E-state index contributed by atoms with van der Waals surface area (Å²) in [7, 11) is 0. The van der Waals surface area contributed by atoms with E-state index in [4.69, 9.17) is 0 Å². The lowest BCUT2D eigenvalue weighted by Crippen LogP contribution is -2.28. The van der Waals surface area contributed by atoms with Crippen LogP contribution < -0.4 is 5.32 Å². The summed E-state index contributed by atoms with van der Waals surface area (Å²) in [5.41, 5.74) is 0. The molecule has 0 aliphatic rings. The van der Waals surface area contributed by atoms with Crippen LogP contribution in [0.3, 0.4) is 0 Å². The summed E-state index contributed by atoms with van der Waals surface area (Å²) >= 11 is 0. The average molecular weight is 293 g/mol. The number of aromatic nitrogens is 3. The van der Waals surface area contributed by atoms with E-state index >= 15 is 0 Å². The van der Waals surface area contributed by atoms with Gasteiger partial charge in [-0.2, -0.15) is 9.97 Å². The Kier molecular flexibility index (Phi) is 8.90. The molecule has 21 heavy (non-hydrogen) atoms. The Labute approximate surface area is 129 Å². The van der Waals surface area contributed by atoms with Crippen LogP contribution in [-0.4, -0.2) is 46.0 Å². The number of aryl methyl sites for hydroxylation is 2. The van der Waals surface area contributed by atoms with Gasteiger partial charge >= 0.3 is 0 Å². The van der Waals surface area contributed by atoms with Crippen molar-refractivity contribution in [3.63, 3.8) is 0 Å². The van der Waals surface area contributed by atoms with Gasteiger partial charge in [-0.05, 0) is 52.7 Å². The number of anilines is 1. The molecule has 5 nitrogen and oxygen atoms in total. The molecule has 1 aromatic heterocycles. The van der Waals surface area contributed by atoms with Crippen molar-refractivity contribution < 1.29 is 0 Å². The highest BCUT2D eigenvalue weighted by molar-refractivity contribution is 5.23. The Morgan fingerprint density at radius 1 is 0.810 bits per heavy atom. The SMILES string of the molecule is CCCCN(CCCC)CCCNc1nc(C)nc(C)n1. The van der Waals surface area contributed by atoms with Gasteiger partial charge in [0.2, 0.25) is 5.95 Å². The Morgan fingerprint density at radius 3 is 1.86 bits per heavy atom. The van der Waals surface area contributed by atoms with E-state index in [1.807, 2.05) is 13.8 Å². The molecular formula is C16H31N5. The highest BCUT2D eigenvalue weighted by atomic mass is 15.2. The van der Waals surface area contributed by atoms with Gasteiger partial charge < -0.3 is 10.2 Å². The number of rotatable bonds is 11. The van der Waals surface area contributed by atoms with E-state index in [9.17, 15) is 0 Å². The van der Waals surface area contributed by atoms with Crippen LogP contribution in [0.1, 0.15) is 57.6 Å². The summed E-state index contributed by atoms with van der Waals surface area (Å²) in [4.78, 5) is 15.4. The van der Waals surface area contributed by atoms with E-state index < -0.39 is 0 Å². The first kappa shape index (κ1) is 17.8. The minimum absolute atomic E-state index is 0.702. The maximum absolute atomic E-state index is 4.30. The second-order valence-electron chi connectivity index (χ2n) is 5.58. The van der Waals surface area contributed by atoms with E-state index in [2.05, 4.69) is 39.0 Å². The molecular weight excluding hydrogens is 262 g/mol. The molecule has 0 aromatic carbocycles. The van der Waals surface area contributed by atoms with Crippen molar-refractivity contribution in [2.75, 3.05) is 31.5 Å². The van der Waals surface area contributed by atoms with Gasteiger partial charge in [-0.15, -0.1) is 0 Å². The molecule has 1 aromatic rings. The fourth-order valence-corrected chi connectivity index (χ4v) is 2.30. The second-order valence-corrected chi connectivity index (χ2v) is 5.58. The van der Waals surface area contributed by atoms with Crippen LogP contribution >= 0.6 is 0 Å². The zero-order valence-corrected chi connectivity index (χ0v) is 14.2. The molecule has 0 fully saturated rings. The van der Waals surface area contributed by atoms with Crippen molar-refractivity contribution in [2.45, 2.75) is 59.8 Å². The predicted octanol–water partition coefficient (Wildman–Crippen LogP) is 3.19. The van der Waals surface area contributed by atoms with Crippen molar-refractivity contribution in [1.82, 2.24) is 19.9 Å². The highest BCUT2D eigenvalue weighted by Crippen LogP contribution is 2.02. The summed E-state index contributed by atoms with van der Waals surface area (Å²) in [5, 5.41) is 3.30. The van der Waals surface area contributed by atoms with Gasteiger partial charge in [0.25, 0.3) is 0 Å². The normalized spacial score (nSPS) is 11.1. The van der Waals surface area contributed by atoms with Crippen LogP contribution in [0.2, 0.25) is 0 Å². The summed E-state index contributed by atoms with van der Waals surface area (Å²) in [5.74, 6) is 2.25. The quantitative estimate of drug-likeness (QED) is 0.635. The van der Waals surface area contributed by atoms with Gasteiger partial charge in [0.15, 0.2) is 0 Å². The average Bonchev–Trinajstić information content (AvgIpc) is 2.44. The number of hydrogen-bond donors (Lipinski definition) is 1. The minimum Gasteiger partial charge on any atom is -0.354 e. The molecule has 0 spiro atoms. The van der Waals surface area contributed by atoms with Gasteiger partial charge in [-0.3, -0.25) is 0 Å². The van der Waals surface area contributed by atoms with E-state index in [1.54, 1.807) is 0 Å². The Hall–Kier alpha value is -1.23. The van der Waals surface area contributed by atoms with E-state index in [1.165, 1.54) is 38.8 Å². The smallest absolute Gasteiger partial charge is 0.226 e. The van der Waals surface area contributed by atoms with Crippen LogP contribution in [0.15, 0.2) is 0 Å². The maximum atomic E-state index is 4.30. The molecule has 120 valence electrons. The number of nitrogens with one attached hydrogen (secondary N) is 1. The Balaban J connectivity index is 2.28. The molecule has 0 saturated heterocycles. The van der Waals surface area contributed by atoms with Crippen LogP contribution in [-0.2, 0) is 0 Å². The summed E-state index contributed by atoms with van der Waals surface area (Å²) in [6.45, 7) is 12.8. The molecule has 0 aliphatic carbocycles. The molecule has 0 amide bonds. The standard InChI is InChI=1S/C16H31N5/c1-5-7-11-21(12-8-6-2)13-9-10-17-16-19-14(3)18-15(4)20-16/h5-13H2,1-4H3,(H,17,18,19,20). The van der Waals surface area contributed by atoms with E-state index in [-0.39, 0.29) is 0 Å². The van der Waals surface area contributed by atoms with Crippen molar-refractivity contribution >= 4 is 5.95 Å². The molecule has 0 saturated carbocycles. The Bertz CT molecular complexity index is 366. The first-order valence-electron chi connectivity index (χ1n) is 8.31. The second kappa shape index (κ2) is 10.5. The van der Waals surface area contributed by atoms with Crippen molar-refractivity contribution in [1.29, 1.82) is 0 Å². The first-order chi connectivity index (χ1) is 10.2. The molecule has 0 radical (unpaired) electrons. The largest absolute Gasteiger partial charge is 0.354 e. The molecule has 1 N–H and O–H groups in total. The lowest BCUT2D eigenvalue weighted by atomic mass is 10.2. The topological polar surface area (TPSA) is 53.9 Å². The van der Waals surface area contributed by atoms with Crippen LogP contribution in [0.5, 0.6) is 0 Å². The van der Waals surface area contributed by atoms with Gasteiger partial charge in [0.1, 0.15) is 11.6 Å². The summed E-state index contributed by atoms with van der Waals surface area (Å²) in [6, 6.07) is 0. The van der Waals surface area contributed by atoms with E-state index in [0.29, 0.717) is 5.95 Å². The molecule has 0 bridgehead atoms. The molecule has 5 heteroatoms. The molecule has 0 unspecified atom stereocenters. The van der Waals surface area contributed by atoms with Gasteiger partial charge in [-0.1, -0.05) is 26.7 Å². The fraction of sp³-hybridized carbons (Fsp3) is 0.812. The summed E-state index contributed by atoms with van der Waals surface area (Å²) in [6.07, 6.45) is 6.25. The van der Waals surface area contributed by atoms with Crippen molar-refractivity contribution in [3.05, 3.63) is 11.6 Å². The van der Waals surface area contributed by atoms with Gasteiger partial charge in [-0.25, -0.2) is 4.98 Å². The maximum Gasteiger partial charge on any atom is 0.226 e. The third-order valence-corrected chi connectivity index (χ3v) is 3.45. The number of hydrogen-bond acceptors (Lipinski definition) is 5. The van der Waals surface area contributed by atoms with Crippen molar-refractivity contribution in [3.8, 4) is 0 Å². The zero-order valence-electron chi connectivity index (χ0n) is 14.2. The van der Waals surface area contributed by atoms with Gasteiger partial charge in [0, 0.05) is 6.54 Å².